The summed E-state index contributed by atoms with van der Waals surface area (Å²) in [6.07, 6.45) is 5.80. The predicted octanol–water partition coefficient (Wildman–Crippen LogP) is 3.43. The second-order valence-electron chi connectivity index (χ2n) is 6.07. The van der Waals surface area contributed by atoms with Gasteiger partial charge in [-0.2, -0.15) is 4.31 Å². The minimum absolute atomic E-state index is 0.132. The van der Waals surface area contributed by atoms with Crippen LogP contribution in [0.15, 0.2) is 23.1 Å². The van der Waals surface area contributed by atoms with E-state index < -0.39 is 10.0 Å². The molecule has 0 unspecified atom stereocenters. The number of halogens is 1. The van der Waals surface area contributed by atoms with Gasteiger partial charge >= 0.3 is 0 Å². The molecule has 1 fully saturated rings. The maximum absolute atomic E-state index is 12.7. The lowest BCUT2D eigenvalue weighted by Crippen LogP contribution is -2.35. The number of unbranched alkanes of at least 4 members (excludes halogenated alkanes) is 2. The van der Waals surface area contributed by atoms with E-state index in [1.165, 1.54) is 22.5 Å². The summed E-state index contributed by atoms with van der Waals surface area (Å²) in [7, 11) is -3.57. The molecule has 0 spiro atoms. The highest BCUT2D eigenvalue weighted by molar-refractivity contribution is 7.89. The second-order valence-corrected chi connectivity index (χ2v) is 8.41. The summed E-state index contributed by atoms with van der Waals surface area (Å²) in [5.74, 6) is -0.327. The van der Waals surface area contributed by atoms with Crippen LogP contribution in [0.5, 0.6) is 0 Å². The molecule has 1 aromatic rings. The lowest BCUT2D eigenvalue weighted by Gasteiger charge is -2.26. The molecule has 7 heteroatoms. The van der Waals surface area contributed by atoms with Gasteiger partial charge in [0.1, 0.15) is 0 Å². The molecule has 1 saturated heterocycles. The van der Waals surface area contributed by atoms with E-state index in [0.29, 0.717) is 19.6 Å². The van der Waals surface area contributed by atoms with Crippen molar-refractivity contribution in [2.24, 2.45) is 0 Å². The van der Waals surface area contributed by atoms with Gasteiger partial charge in [0.05, 0.1) is 15.5 Å². The van der Waals surface area contributed by atoms with Crippen molar-refractivity contribution in [1.29, 1.82) is 0 Å². The summed E-state index contributed by atoms with van der Waals surface area (Å²) in [5, 5.41) is 3.07. The van der Waals surface area contributed by atoms with Gasteiger partial charge in [0.15, 0.2) is 0 Å². The molecule has 5 nitrogen and oxygen atoms in total. The van der Waals surface area contributed by atoms with Crippen LogP contribution in [0.25, 0.3) is 0 Å². The van der Waals surface area contributed by atoms with Crippen LogP contribution in [-0.2, 0) is 10.0 Å². The van der Waals surface area contributed by atoms with Crippen LogP contribution in [0.3, 0.4) is 0 Å². The van der Waals surface area contributed by atoms with Crippen LogP contribution in [0.4, 0.5) is 0 Å². The monoisotopic (exact) mass is 372 g/mol. The molecule has 0 atom stereocenters. The molecular weight excluding hydrogens is 348 g/mol. The van der Waals surface area contributed by atoms with E-state index in [4.69, 9.17) is 11.6 Å². The quantitative estimate of drug-likeness (QED) is 0.745. The summed E-state index contributed by atoms with van der Waals surface area (Å²) < 4.78 is 26.9. The highest BCUT2D eigenvalue weighted by atomic mass is 35.5. The van der Waals surface area contributed by atoms with Gasteiger partial charge in [0.25, 0.3) is 5.91 Å². The number of benzene rings is 1. The Balaban J connectivity index is 2.16. The van der Waals surface area contributed by atoms with Crippen LogP contribution in [0, 0.1) is 0 Å². The molecule has 1 aliphatic heterocycles. The SMILES string of the molecule is CCCCCNC(=O)c1cc(S(=O)(=O)N2CCCCC2)ccc1Cl. The Morgan fingerprint density at radius 2 is 1.92 bits per heavy atom. The molecular formula is C17H25ClN2O3S. The molecule has 1 amide bonds. The molecule has 0 aliphatic carbocycles. The van der Waals surface area contributed by atoms with Crippen molar-refractivity contribution < 1.29 is 13.2 Å². The molecule has 134 valence electrons. The average Bonchev–Trinajstić information content (AvgIpc) is 2.59. The fourth-order valence-electron chi connectivity index (χ4n) is 2.77. The molecule has 1 heterocycles. The number of hydrogen-bond donors (Lipinski definition) is 1. The largest absolute Gasteiger partial charge is 0.352 e. The van der Waals surface area contributed by atoms with Crippen molar-refractivity contribution in [2.75, 3.05) is 19.6 Å². The number of nitrogens with zero attached hydrogens (tertiary/aromatic N) is 1. The molecule has 0 radical (unpaired) electrons. The van der Waals surface area contributed by atoms with Crippen molar-refractivity contribution in [3.05, 3.63) is 28.8 Å². The minimum Gasteiger partial charge on any atom is -0.352 e. The topological polar surface area (TPSA) is 66.5 Å². The van der Waals surface area contributed by atoms with E-state index in [1.807, 2.05) is 0 Å². The third-order valence-electron chi connectivity index (χ3n) is 4.20. The zero-order valence-electron chi connectivity index (χ0n) is 14.1. The molecule has 2 rings (SSSR count). The molecule has 1 aliphatic rings. The number of carbonyl (C=O) groups excluding carboxylic acids is 1. The first-order chi connectivity index (χ1) is 11.5. The third-order valence-corrected chi connectivity index (χ3v) is 6.43. The van der Waals surface area contributed by atoms with E-state index in [-0.39, 0.29) is 21.4 Å². The van der Waals surface area contributed by atoms with Crippen molar-refractivity contribution >= 4 is 27.5 Å². The average molecular weight is 373 g/mol. The molecule has 0 aromatic heterocycles. The Labute approximate surface area is 149 Å². The molecule has 1 N–H and O–H groups in total. The zero-order valence-corrected chi connectivity index (χ0v) is 15.6. The lowest BCUT2D eigenvalue weighted by molar-refractivity contribution is 0.0953. The van der Waals surface area contributed by atoms with Gasteiger partial charge in [0, 0.05) is 19.6 Å². The number of sulfonamides is 1. The van der Waals surface area contributed by atoms with Gasteiger partial charge in [-0.25, -0.2) is 8.42 Å². The normalized spacial score (nSPS) is 16.1. The molecule has 0 bridgehead atoms. The second kappa shape index (κ2) is 8.83. The highest BCUT2D eigenvalue weighted by Gasteiger charge is 2.27. The Bertz CT molecular complexity index is 670. The molecule has 24 heavy (non-hydrogen) atoms. The number of rotatable bonds is 7. The van der Waals surface area contributed by atoms with E-state index >= 15 is 0 Å². The van der Waals surface area contributed by atoms with Crippen molar-refractivity contribution in [2.45, 2.75) is 50.3 Å². The fourth-order valence-corrected chi connectivity index (χ4v) is 4.51. The minimum atomic E-state index is -3.57. The molecule has 0 saturated carbocycles. The Kier molecular flexibility index (Phi) is 7.07. The van der Waals surface area contributed by atoms with Crippen molar-refractivity contribution in [3.63, 3.8) is 0 Å². The highest BCUT2D eigenvalue weighted by Crippen LogP contribution is 2.25. The summed E-state index contributed by atoms with van der Waals surface area (Å²) in [6, 6.07) is 4.35. The Morgan fingerprint density at radius 3 is 2.58 bits per heavy atom. The van der Waals surface area contributed by atoms with E-state index in [9.17, 15) is 13.2 Å². The van der Waals surface area contributed by atoms with Crippen LogP contribution in [0.2, 0.25) is 5.02 Å². The summed E-state index contributed by atoms with van der Waals surface area (Å²) in [6.45, 7) is 3.72. The summed E-state index contributed by atoms with van der Waals surface area (Å²) >= 11 is 6.10. The van der Waals surface area contributed by atoms with Crippen LogP contribution in [-0.4, -0.2) is 38.3 Å². The van der Waals surface area contributed by atoms with Crippen LogP contribution >= 0.6 is 11.6 Å². The first-order valence-corrected chi connectivity index (χ1v) is 10.4. The van der Waals surface area contributed by atoms with Gasteiger partial charge < -0.3 is 5.32 Å². The van der Waals surface area contributed by atoms with Crippen molar-refractivity contribution in [1.82, 2.24) is 9.62 Å². The Morgan fingerprint density at radius 1 is 1.21 bits per heavy atom. The van der Waals surface area contributed by atoms with Gasteiger partial charge in [-0.05, 0) is 37.5 Å². The summed E-state index contributed by atoms with van der Waals surface area (Å²) in [5.41, 5.74) is 0.214. The van der Waals surface area contributed by atoms with Crippen LogP contribution < -0.4 is 5.32 Å². The van der Waals surface area contributed by atoms with Gasteiger partial charge in [-0.3, -0.25) is 4.79 Å². The number of amides is 1. The standard InChI is InChI=1S/C17H25ClN2O3S/c1-2-3-5-10-19-17(21)15-13-14(8-9-16(15)18)24(22,23)20-11-6-4-7-12-20/h8-9,13H,2-7,10-12H2,1H3,(H,19,21). The smallest absolute Gasteiger partial charge is 0.252 e. The third kappa shape index (κ3) is 4.71. The van der Waals surface area contributed by atoms with E-state index in [2.05, 4.69) is 12.2 Å². The first kappa shape index (κ1) is 19.2. The maximum atomic E-state index is 12.7. The van der Waals surface area contributed by atoms with E-state index in [1.54, 1.807) is 0 Å². The number of hydrogen-bond acceptors (Lipinski definition) is 3. The summed E-state index contributed by atoms with van der Waals surface area (Å²) in [4.78, 5) is 12.4. The van der Waals surface area contributed by atoms with Crippen LogP contribution in [0.1, 0.15) is 55.8 Å². The lowest BCUT2D eigenvalue weighted by atomic mass is 10.2. The molecule has 1 aromatic carbocycles. The zero-order chi connectivity index (χ0) is 17.6. The predicted molar refractivity (Wildman–Crippen MR) is 95.9 cm³/mol. The fraction of sp³-hybridized carbons (Fsp3) is 0.588. The maximum Gasteiger partial charge on any atom is 0.252 e. The Hall–Kier alpha value is -1.11. The van der Waals surface area contributed by atoms with Crippen molar-refractivity contribution in [3.8, 4) is 0 Å². The number of piperidine rings is 1. The number of carbonyl (C=O) groups is 1. The van der Waals surface area contributed by atoms with Gasteiger partial charge in [-0.1, -0.05) is 37.8 Å². The first-order valence-electron chi connectivity index (χ1n) is 8.54. The van der Waals surface area contributed by atoms with Gasteiger partial charge in [0.2, 0.25) is 10.0 Å². The number of nitrogens with one attached hydrogen (secondary N) is 1. The van der Waals surface area contributed by atoms with Gasteiger partial charge in [-0.15, -0.1) is 0 Å². The van der Waals surface area contributed by atoms with E-state index in [0.717, 1.165) is 38.5 Å².